The lowest BCUT2D eigenvalue weighted by atomic mass is 10.1. The number of rotatable bonds is 6. The number of hydrogen-bond acceptors (Lipinski definition) is 3. The number of nitrogens with zero attached hydrogens (tertiary/aromatic N) is 2. The summed E-state index contributed by atoms with van der Waals surface area (Å²) in [6.07, 6.45) is 1.77. The summed E-state index contributed by atoms with van der Waals surface area (Å²) < 4.78 is 0. The molecule has 5 nitrogen and oxygen atoms in total. The molecule has 1 fully saturated rings. The lowest BCUT2D eigenvalue weighted by molar-refractivity contribution is -0.137. The van der Waals surface area contributed by atoms with E-state index in [9.17, 15) is 9.59 Å². The Balaban J connectivity index is 1.79. The van der Waals surface area contributed by atoms with Crippen LogP contribution in [0.3, 0.4) is 0 Å². The highest BCUT2D eigenvalue weighted by atomic mass is 35.5. The van der Waals surface area contributed by atoms with Crippen LogP contribution in [0, 0.1) is 0 Å². The minimum absolute atomic E-state index is 0.0556. The normalized spacial score (nSPS) is 15.7. The van der Waals surface area contributed by atoms with Gasteiger partial charge in [-0.2, -0.15) is 0 Å². The van der Waals surface area contributed by atoms with Crippen LogP contribution in [0.25, 0.3) is 0 Å². The van der Waals surface area contributed by atoms with Crippen LogP contribution >= 0.6 is 23.2 Å². The van der Waals surface area contributed by atoms with Gasteiger partial charge in [0.05, 0.1) is 0 Å². The second kappa shape index (κ2) is 8.52. The number of aliphatic carboxylic acids is 1. The van der Waals surface area contributed by atoms with Gasteiger partial charge in [0.2, 0.25) is 0 Å². The second-order valence-electron chi connectivity index (χ2n) is 5.64. The van der Waals surface area contributed by atoms with E-state index in [-0.39, 0.29) is 12.3 Å². The van der Waals surface area contributed by atoms with E-state index in [1.807, 2.05) is 0 Å². The third kappa shape index (κ3) is 5.68. The molecule has 1 heterocycles. The summed E-state index contributed by atoms with van der Waals surface area (Å²) in [7, 11) is 0. The van der Waals surface area contributed by atoms with Gasteiger partial charge in [-0.1, -0.05) is 23.2 Å². The fraction of sp³-hybridized carbons (Fsp3) is 0.500. The highest BCUT2D eigenvalue weighted by molar-refractivity contribution is 6.35. The summed E-state index contributed by atoms with van der Waals surface area (Å²) in [6.45, 7) is 3.78. The van der Waals surface area contributed by atoms with Gasteiger partial charge >= 0.3 is 5.97 Å². The molecule has 0 bridgehead atoms. The third-order valence-electron chi connectivity index (χ3n) is 3.88. The number of unbranched alkanes of at least 4 members (excludes halogenated alkanes) is 1. The van der Waals surface area contributed by atoms with Crippen molar-refractivity contribution in [1.82, 2.24) is 9.80 Å². The summed E-state index contributed by atoms with van der Waals surface area (Å²) in [5.74, 6) is -0.805. The Bertz CT molecular complexity index is 552. The molecule has 1 aromatic carbocycles. The van der Waals surface area contributed by atoms with E-state index >= 15 is 0 Å². The number of halogens is 2. The SMILES string of the molecule is O=C(O)CCCCN1CCN(C(=O)c2cc(Cl)cc(Cl)c2)CC1. The zero-order valence-corrected chi connectivity index (χ0v) is 14.3. The fourth-order valence-electron chi connectivity index (χ4n) is 2.65. The maximum absolute atomic E-state index is 12.5. The number of piperazine rings is 1. The highest BCUT2D eigenvalue weighted by Gasteiger charge is 2.22. The van der Waals surface area contributed by atoms with Gasteiger partial charge in [-0.25, -0.2) is 0 Å². The van der Waals surface area contributed by atoms with Crippen molar-refractivity contribution in [2.45, 2.75) is 19.3 Å². The number of carbonyl (C=O) groups is 2. The first-order valence-corrected chi connectivity index (χ1v) is 8.41. The molecule has 1 N–H and O–H groups in total. The Morgan fingerprint density at radius 2 is 1.61 bits per heavy atom. The molecule has 1 aromatic rings. The van der Waals surface area contributed by atoms with Crippen LogP contribution in [0.4, 0.5) is 0 Å². The van der Waals surface area contributed by atoms with Crippen LogP contribution in [0.2, 0.25) is 10.0 Å². The summed E-state index contributed by atoms with van der Waals surface area (Å²) in [5.41, 5.74) is 0.511. The molecule has 1 amide bonds. The Hall–Kier alpha value is -1.30. The van der Waals surface area contributed by atoms with Gasteiger partial charge in [0, 0.05) is 48.2 Å². The number of hydrogen-bond donors (Lipinski definition) is 1. The summed E-state index contributed by atoms with van der Waals surface area (Å²) >= 11 is 11.9. The van der Waals surface area contributed by atoms with Gasteiger partial charge in [-0.05, 0) is 37.6 Å². The van der Waals surface area contributed by atoms with E-state index in [2.05, 4.69) is 4.90 Å². The van der Waals surface area contributed by atoms with E-state index < -0.39 is 5.97 Å². The number of carbonyl (C=O) groups excluding carboxylic acids is 1. The van der Waals surface area contributed by atoms with Crippen LogP contribution in [0.5, 0.6) is 0 Å². The van der Waals surface area contributed by atoms with Gasteiger partial charge < -0.3 is 10.0 Å². The van der Waals surface area contributed by atoms with Gasteiger partial charge in [-0.15, -0.1) is 0 Å². The molecule has 0 spiro atoms. The van der Waals surface area contributed by atoms with E-state index in [1.54, 1.807) is 23.1 Å². The zero-order valence-electron chi connectivity index (χ0n) is 12.8. The highest BCUT2D eigenvalue weighted by Crippen LogP contribution is 2.20. The molecule has 1 aliphatic rings. The lowest BCUT2D eigenvalue weighted by Gasteiger charge is -2.34. The molecule has 1 aliphatic heterocycles. The van der Waals surface area contributed by atoms with E-state index in [0.29, 0.717) is 35.1 Å². The monoisotopic (exact) mass is 358 g/mol. The predicted octanol–water partition coefficient (Wildman–Crippen LogP) is 3.01. The molecule has 0 aromatic heterocycles. The zero-order chi connectivity index (χ0) is 16.8. The number of benzene rings is 1. The maximum atomic E-state index is 12.5. The first kappa shape index (κ1) is 18.0. The van der Waals surface area contributed by atoms with Gasteiger partial charge in [0.1, 0.15) is 0 Å². The van der Waals surface area contributed by atoms with Crippen molar-refractivity contribution in [3.8, 4) is 0 Å². The fourth-order valence-corrected chi connectivity index (χ4v) is 3.17. The molecular weight excluding hydrogens is 339 g/mol. The van der Waals surface area contributed by atoms with E-state index in [0.717, 1.165) is 26.1 Å². The molecule has 126 valence electrons. The first-order valence-electron chi connectivity index (χ1n) is 7.65. The molecule has 7 heteroatoms. The largest absolute Gasteiger partial charge is 0.481 e. The molecule has 0 atom stereocenters. The van der Waals surface area contributed by atoms with Crippen LogP contribution in [-0.4, -0.2) is 59.5 Å². The topological polar surface area (TPSA) is 60.9 Å². The minimum Gasteiger partial charge on any atom is -0.481 e. The van der Waals surface area contributed by atoms with Crippen LogP contribution in [0.15, 0.2) is 18.2 Å². The average molecular weight is 359 g/mol. The van der Waals surface area contributed by atoms with Crippen molar-refractivity contribution >= 4 is 35.1 Å². The van der Waals surface area contributed by atoms with Crippen molar-refractivity contribution in [3.05, 3.63) is 33.8 Å². The van der Waals surface area contributed by atoms with Gasteiger partial charge in [0.25, 0.3) is 5.91 Å². The smallest absolute Gasteiger partial charge is 0.303 e. The van der Waals surface area contributed by atoms with Crippen molar-refractivity contribution < 1.29 is 14.7 Å². The maximum Gasteiger partial charge on any atom is 0.303 e. The summed E-state index contributed by atoms with van der Waals surface area (Å²) in [6, 6.07) is 4.87. The molecule has 2 rings (SSSR count). The van der Waals surface area contributed by atoms with Crippen molar-refractivity contribution in [2.24, 2.45) is 0 Å². The van der Waals surface area contributed by atoms with Gasteiger partial charge in [-0.3, -0.25) is 14.5 Å². The molecule has 0 radical (unpaired) electrons. The summed E-state index contributed by atoms with van der Waals surface area (Å²) in [4.78, 5) is 27.0. The lowest BCUT2D eigenvalue weighted by Crippen LogP contribution is -2.48. The van der Waals surface area contributed by atoms with Crippen molar-refractivity contribution in [2.75, 3.05) is 32.7 Å². The van der Waals surface area contributed by atoms with Crippen molar-refractivity contribution in [3.63, 3.8) is 0 Å². The van der Waals surface area contributed by atoms with Gasteiger partial charge in [0.15, 0.2) is 0 Å². The molecular formula is C16H20Cl2N2O3. The number of carboxylic acids is 1. The predicted molar refractivity (Wildman–Crippen MR) is 90.3 cm³/mol. The quantitative estimate of drug-likeness (QED) is 0.794. The molecule has 0 unspecified atom stereocenters. The van der Waals surface area contributed by atoms with E-state index in [4.69, 9.17) is 28.3 Å². The Morgan fingerprint density at radius 3 is 2.17 bits per heavy atom. The third-order valence-corrected chi connectivity index (χ3v) is 4.32. The molecule has 0 aliphatic carbocycles. The second-order valence-corrected chi connectivity index (χ2v) is 6.52. The van der Waals surface area contributed by atoms with Crippen LogP contribution < -0.4 is 0 Å². The minimum atomic E-state index is -0.749. The Kier molecular flexibility index (Phi) is 6.69. The Labute approximate surface area is 145 Å². The van der Waals surface area contributed by atoms with Crippen LogP contribution in [-0.2, 0) is 4.79 Å². The number of amides is 1. The standard InChI is InChI=1S/C16H20Cl2N2O3/c17-13-9-12(10-14(18)11-13)16(23)20-7-5-19(6-8-20)4-2-1-3-15(21)22/h9-11H,1-8H2,(H,21,22). The Morgan fingerprint density at radius 1 is 1.00 bits per heavy atom. The summed E-state index contributed by atoms with van der Waals surface area (Å²) in [5, 5.41) is 9.53. The van der Waals surface area contributed by atoms with E-state index in [1.165, 1.54) is 0 Å². The van der Waals surface area contributed by atoms with Crippen LogP contribution in [0.1, 0.15) is 29.6 Å². The molecule has 1 saturated heterocycles. The molecule has 0 saturated carbocycles. The first-order chi connectivity index (χ1) is 11.0. The molecule has 23 heavy (non-hydrogen) atoms. The van der Waals surface area contributed by atoms with Crippen molar-refractivity contribution in [1.29, 1.82) is 0 Å². The average Bonchev–Trinajstić information content (AvgIpc) is 2.50. The number of carboxylic acid groups (broad SMARTS) is 1.